The molecule has 4 fully saturated rings. The molecule has 0 spiro atoms. The lowest BCUT2D eigenvalue weighted by Gasteiger charge is -2.56. The van der Waals surface area contributed by atoms with Gasteiger partial charge in [-0.15, -0.1) is 0 Å². The molecule has 3 heteroatoms. The molecule has 5 rings (SSSR count). The van der Waals surface area contributed by atoms with Crippen LogP contribution >= 0.6 is 0 Å². The molecular weight excluding hydrogens is 236 g/mol. The molecule has 104 valence electrons. The Hall–Kier alpha value is -0.990. The number of nitrogens with zero attached hydrogens (tertiary/aromatic N) is 1. The molecule has 0 radical (unpaired) electrons. The fraction of sp³-hybridized carbons (Fsp3) is 0.812. The topological polar surface area (TPSA) is 52.0 Å². The van der Waals surface area contributed by atoms with Gasteiger partial charge in [-0.1, -0.05) is 19.0 Å². The Kier molecular flexibility index (Phi) is 2.34. The van der Waals surface area contributed by atoms with Crippen LogP contribution in [0.3, 0.4) is 0 Å². The van der Waals surface area contributed by atoms with E-state index in [0.29, 0.717) is 11.7 Å². The van der Waals surface area contributed by atoms with E-state index in [1.54, 1.807) is 0 Å². The first-order chi connectivity index (χ1) is 9.07. The summed E-state index contributed by atoms with van der Waals surface area (Å²) in [5, 5.41) is 4.10. The van der Waals surface area contributed by atoms with E-state index in [4.69, 9.17) is 10.3 Å². The maximum absolute atomic E-state index is 6.06. The van der Waals surface area contributed by atoms with E-state index in [9.17, 15) is 0 Å². The molecule has 4 aliphatic carbocycles. The maximum Gasteiger partial charge on any atom is 0.170 e. The fourth-order valence-corrected chi connectivity index (χ4v) is 5.64. The molecule has 4 saturated carbocycles. The third-order valence-electron chi connectivity index (χ3n) is 5.85. The van der Waals surface area contributed by atoms with Crippen molar-refractivity contribution in [3.05, 3.63) is 11.3 Å². The summed E-state index contributed by atoms with van der Waals surface area (Å²) in [6.07, 6.45) is 8.31. The van der Waals surface area contributed by atoms with Crippen molar-refractivity contribution in [3.8, 4) is 0 Å². The minimum Gasteiger partial charge on any atom is -0.381 e. The summed E-state index contributed by atoms with van der Waals surface area (Å²) < 4.78 is 5.77. The van der Waals surface area contributed by atoms with Crippen molar-refractivity contribution < 1.29 is 4.52 Å². The molecule has 1 aromatic rings. The Morgan fingerprint density at radius 2 is 1.63 bits per heavy atom. The number of aromatic nitrogens is 1. The Balaban J connectivity index is 1.80. The Labute approximate surface area is 114 Å². The molecule has 0 unspecified atom stereocenters. The third kappa shape index (κ3) is 1.60. The Morgan fingerprint density at radius 1 is 1.11 bits per heavy atom. The highest BCUT2D eigenvalue weighted by Gasteiger charge is 2.54. The van der Waals surface area contributed by atoms with Gasteiger partial charge < -0.3 is 10.3 Å². The summed E-state index contributed by atoms with van der Waals surface area (Å²) in [5.74, 6) is 4.97. The number of hydrogen-bond acceptors (Lipinski definition) is 3. The lowest BCUT2D eigenvalue weighted by atomic mass is 9.48. The highest BCUT2D eigenvalue weighted by atomic mass is 16.5. The van der Waals surface area contributed by atoms with Gasteiger partial charge in [0.15, 0.2) is 5.82 Å². The van der Waals surface area contributed by atoms with Gasteiger partial charge in [-0.3, -0.25) is 0 Å². The molecule has 1 heterocycles. The third-order valence-corrected chi connectivity index (χ3v) is 5.85. The Morgan fingerprint density at radius 3 is 2.11 bits per heavy atom. The quantitative estimate of drug-likeness (QED) is 0.878. The smallest absolute Gasteiger partial charge is 0.170 e. The summed E-state index contributed by atoms with van der Waals surface area (Å²) in [6, 6.07) is 0. The van der Waals surface area contributed by atoms with E-state index in [-0.39, 0.29) is 5.41 Å². The molecule has 0 aromatic carbocycles. The number of nitrogens with two attached hydrogens (primary N) is 1. The zero-order chi connectivity index (χ0) is 13.2. The van der Waals surface area contributed by atoms with E-state index in [1.807, 2.05) is 0 Å². The van der Waals surface area contributed by atoms with E-state index in [1.165, 1.54) is 44.1 Å². The number of rotatable bonds is 2. The molecule has 4 aliphatic rings. The lowest BCUT2D eigenvalue weighted by molar-refractivity contribution is -0.0181. The molecule has 3 nitrogen and oxygen atoms in total. The van der Waals surface area contributed by atoms with E-state index < -0.39 is 0 Å². The van der Waals surface area contributed by atoms with Crippen molar-refractivity contribution in [2.24, 2.45) is 17.8 Å². The van der Waals surface area contributed by atoms with E-state index in [0.717, 1.165) is 23.5 Å². The molecule has 0 aliphatic heterocycles. The molecule has 19 heavy (non-hydrogen) atoms. The minimum atomic E-state index is 0.277. The second-order valence-corrected chi connectivity index (χ2v) is 7.66. The summed E-state index contributed by atoms with van der Waals surface area (Å²) in [6.45, 7) is 4.40. The van der Waals surface area contributed by atoms with Crippen LogP contribution in [0.25, 0.3) is 0 Å². The average molecular weight is 260 g/mol. The molecular formula is C16H24N2O. The number of hydrogen-bond donors (Lipinski definition) is 1. The monoisotopic (exact) mass is 260 g/mol. The van der Waals surface area contributed by atoms with Crippen molar-refractivity contribution in [1.82, 2.24) is 5.16 Å². The highest BCUT2D eigenvalue weighted by molar-refractivity contribution is 5.46. The predicted molar refractivity (Wildman–Crippen MR) is 74.9 cm³/mol. The Bertz CT molecular complexity index is 468. The van der Waals surface area contributed by atoms with Gasteiger partial charge in [-0.05, 0) is 62.2 Å². The first kappa shape index (κ1) is 11.8. The predicted octanol–water partition coefficient (Wildman–Crippen LogP) is 3.85. The molecule has 2 N–H and O–H groups in total. The van der Waals surface area contributed by atoms with Crippen molar-refractivity contribution in [3.63, 3.8) is 0 Å². The van der Waals surface area contributed by atoms with E-state index in [2.05, 4.69) is 19.0 Å². The second kappa shape index (κ2) is 3.77. The van der Waals surface area contributed by atoms with Crippen LogP contribution < -0.4 is 5.73 Å². The zero-order valence-electron chi connectivity index (χ0n) is 12.0. The number of nitrogen functional groups attached to an aromatic ring is 1. The van der Waals surface area contributed by atoms with Gasteiger partial charge in [-0.25, -0.2) is 0 Å². The van der Waals surface area contributed by atoms with Gasteiger partial charge in [0.1, 0.15) is 5.76 Å². The van der Waals surface area contributed by atoms with Crippen molar-refractivity contribution in [2.45, 2.75) is 63.7 Å². The van der Waals surface area contributed by atoms with Crippen LogP contribution in [0.15, 0.2) is 4.52 Å². The fourth-order valence-electron chi connectivity index (χ4n) is 5.64. The maximum atomic E-state index is 6.06. The molecule has 0 atom stereocenters. The minimum absolute atomic E-state index is 0.277. The lowest BCUT2D eigenvalue weighted by Crippen LogP contribution is -2.48. The summed E-state index contributed by atoms with van der Waals surface area (Å²) in [7, 11) is 0. The van der Waals surface area contributed by atoms with Crippen LogP contribution in [0.1, 0.15) is 69.6 Å². The van der Waals surface area contributed by atoms with Gasteiger partial charge in [0, 0.05) is 11.0 Å². The summed E-state index contributed by atoms with van der Waals surface area (Å²) in [5.41, 5.74) is 7.53. The van der Waals surface area contributed by atoms with Crippen LogP contribution in [-0.4, -0.2) is 5.16 Å². The first-order valence-corrected chi connectivity index (χ1v) is 7.83. The van der Waals surface area contributed by atoms with Gasteiger partial charge in [-0.2, -0.15) is 0 Å². The van der Waals surface area contributed by atoms with Crippen molar-refractivity contribution in [2.75, 3.05) is 5.73 Å². The van der Waals surface area contributed by atoms with Crippen LogP contribution in [-0.2, 0) is 5.41 Å². The van der Waals surface area contributed by atoms with Crippen molar-refractivity contribution >= 4 is 5.82 Å². The van der Waals surface area contributed by atoms with Gasteiger partial charge in [0.2, 0.25) is 0 Å². The standard InChI is InChI=1S/C16H24N2O/c1-9(2)13-14(19-18-15(13)17)16-6-10-3-11(7-16)5-12(4-10)8-16/h9-12H,3-8H2,1-2H3,(H2,17,18). The van der Waals surface area contributed by atoms with E-state index >= 15 is 0 Å². The van der Waals surface area contributed by atoms with Crippen LogP contribution in [0.5, 0.6) is 0 Å². The summed E-state index contributed by atoms with van der Waals surface area (Å²) in [4.78, 5) is 0. The van der Waals surface area contributed by atoms with Gasteiger partial charge in [0.05, 0.1) is 0 Å². The molecule has 4 bridgehead atoms. The molecule has 0 saturated heterocycles. The zero-order valence-corrected chi connectivity index (χ0v) is 12.0. The second-order valence-electron chi connectivity index (χ2n) is 7.66. The largest absolute Gasteiger partial charge is 0.381 e. The highest BCUT2D eigenvalue weighted by Crippen LogP contribution is 2.61. The van der Waals surface area contributed by atoms with Crippen molar-refractivity contribution in [1.29, 1.82) is 0 Å². The van der Waals surface area contributed by atoms with Crippen LogP contribution in [0.4, 0.5) is 5.82 Å². The SMILES string of the molecule is CC(C)c1c(N)noc1C12CC3CC(CC(C3)C1)C2. The average Bonchev–Trinajstić information content (AvgIpc) is 2.70. The first-order valence-electron chi connectivity index (χ1n) is 7.83. The normalized spacial score (nSPS) is 40.3. The van der Waals surface area contributed by atoms with Crippen LogP contribution in [0.2, 0.25) is 0 Å². The van der Waals surface area contributed by atoms with Gasteiger partial charge in [0.25, 0.3) is 0 Å². The van der Waals surface area contributed by atoms with Gasteiger partial charge >= 0.3 is 0 Å². The molecule has 1 aromatic heterocycles. The number of anilines is 1. The van der Waals surface area contributed by atoms with Crippen LogP contribution in [0, 0.1) is 17.8 Å². The summed E-state index contributed by atoms with van der Waals surface area (Å²) >= 11 is 0. The molecule has 0 amide bonds.